The van der Waals surface area contributed by atoms with Gasteiger partial charge in [0, 0.05) is 6.20 Å². The molecule has 20 heavy (non-hydrogen) atoms. The second kappa shape index (κ2) is 6.21. The summed E-state index contributed by atoms with van der Waals surface area (Å²) >= 11 is 3.21. The minimum atomic E-state index is 0.0976. The summed E-state index contributed by atoms with van der Waals surface area (Å²) in [6, 6.07) is 10.4. The fourth-order valence-electron chi connectivity index (χ4n) is 1.97. The monoisotopic (exact) mass is 302 g/mol. The van der Waals surface area contributed by atoms with Gasteiger partial charge in [-0.2, -0.15) is 0 Å². The molecular formula is C14H14N4S2. The van der Waals surface area contributed by atoms with Crippen LogP contribution in [0.4, 0.5) is 0 Å². The molecule has 3 rings (SSSR count). The Kier molecular flexibility index (Phi) is 4.15. The average Bonchev–Trinajstić information content (AvgIpc) is 3.16. The second-order valence-electron chi connectivity index (χ2n) is 4.21. The number of thiazole rings is 1. The molecule has 4 nitrogen and oxygen atoms in total. The van der Waals surface area contributed by atoms with E-state index in [0.717, 1.165) is 21.4 Å². The van der Waals surface area contributed by atoms with E-state index in [9.17, 15) is 0 Å². The van der Waals surface area contributed by atoms with E-state index in [0.29, 0.717) is 0 Å². The molecule has 102 valence electrons. The van der Waals surface area contributed by atoms with Crippen LogP contribution in [0.1, 0.15) is 23.5 Å². The Balaban J connectivity index is 1.92. The summed E-state index contributed by atoms with van der Waals surface area (Å²) in [4.78, 5) is 5.16. The minimum Gasteiger partial charge on any atom is -0.304 e. The lowest BCUT2D eigenvalue weighted by Crippen LogP contribution is -2.21. The highest BCUT2D eigenvalue weighted by molar-refractivity contribution is 7.20. The van der Waals surface area contributed by atoms with Crippen LogP contribution < -0.4 is 5.32 Å². The summed E-state index contributed by atoms with van der Waals surface area (Å²) in [5.74, 6) is 0. The van der Waals surface area contributed by atoms with E-state index in [1.807, 2.05) is 29.9 Å². The van der Waals surface area contributed by atoms with E-state index in [4.69, 9.17) is 0 Å². The Morgan fingerprint density at radius 2 is 2.05 bits per heavy atom. The molecule has 0 bridgehead atoms. The lowest BCUT2D eigenvalue weighted by Gasteiger charge is -2.14. The van der Waals surface area contributed by atoms with E-state index >= 15 is 0 Å². The van der Waals surface area contributed by atoms with Gasteiger partial charge >= 0.3 is 0 Å². The zero-order valence-electron chi connectivity index (χ0n) is 11.0. The molecular weight excluding hydrogens is 288 g/mol. The van der Waals surface area contributed by atoms with Crippen molar-refractivity contribution in [2.45, 2.75) is 13.0 Å². The number of benzene rings is 1. The molecule has 0 saturated heterocycles. The Labute approximate surface area is 125 Å². The molecule has 0 fully saturated rings. The van der Waals surface area contributed by atoms with Gasteiger partial charge in [-0.05, 0) is 12.1 Å². The molecule has 1 N–H and O–H groups in total. The van der Waals surface area contributed by atoms with Crippen LogP contribution in [0.2, 0.25) is 0 Å². The zero-order chi connectivity index (χ0) is 13.8. The molecule has 0 amide bonds. The molecule has 2 aromatic heterocycles. The Bertz CT molecular complexity index is 649. The third kappa shape index (κ3) is 2.77. The summed E-state index contributed by atoms with van der Waals surface area (Å²) in [6.45, 7) is 2.98. The molecule has 6 heteroatoms. The van der Waals surface area contributed by atoms with Crippen LogP contribution in [-0.2, 0) is 0 Å². The van der Waals surface area contributed by atoms with Crippen molar-refractivity contribution in [1.29, 1.82) is 0 Å². The van der Waals surface area contributed by atoms with Crippen molar-refractivity contribution < 1.29 is 0 Å². The number of rotatable bonds is 5. The molecule has 1 unspecified atom stereocenters. The fraction of sp³-hybridized carbons (Fsp3) is 0.214. The molecule has 2 heterocycles. The van der Waals surface area contributed by atoms with E-state index < -0.39 is 0 Å². The molecule has 0 aliphatic heterocycles. The van der Waals surface area contributed by atoms with Crippen molar-refractivity contribution >= 4 is 22.7 Å². The number of nitrogens with zero attached hydrogens (tertiary/aromatic N) is 3. The van der Waals surface area contributed by atoms with Gasteiger partial charge in [-0.15, -0.1) is 21.5 Å². The molecule has 0 radical (unpaired) electrons. The van der Waals surface area contributed by atoms with E-state index in [1.54, 1.807) is 22.7 Å². The van der Waals surface area contributed by atoms with Crippen LogP contribution in [0.5, 0.6) is 0 Å². The highest BCUT2D eigenvalue weighted by atomic mass is 32.1. The number of aromatic nitrogens is 3. The normalized spacial score (nSPS) is 12.4. The zero-order valence-corrected chi connectivity index (χ0v) is 12.6. The van der Waals surface area contributed by atoms with Gasteiger partial charge in [-0.3, -0.25) is 4.98 Å². The summed E-state index contributed by atoms with van der Waals surface area (Å²) in [5, 5.41) is 14.0. The Hall–Kier alpha value is -1.63. The van der Waals surface area contributed by atoms with Gasteiger partial charge in [0.2, 0.25) is 0 Å². The van der Waals surface area contributed by atoms with Gasteiger partial charge in [0.05, 0.1) is 16.4 Å². The lowest BCUT2D eigenvalue weighted by molar-refractivity contribution is 0.621. The first-order valence-corrected chi connectivity index (χ1v) is 8.08. The van der Waals surface area contributed by atoms with Gasteiger partial charge in [0.1, 0.15) is 5.01 Å². The van der Waals surface area contributed by atoms with Crippen LogP contribution >= 0.6 is 22.7 Å². The van der Waals surface area contributed by atoms with Gasteiger partial charge in [0.25, 0.3) is 0 Å². The highest BCUT2D eigenvalue weighted by Crippen LogP contribution is 2.31. The maximum absolute atomic E-state index is 4.35. The summed E-state index contributed by atoms with van der Waals surface area (Å²) in [7, 11) is 0. The standard InChI is InChI=1S/C14H14N4S2/c1-2-16-12(10-6-4-3-5-7-10)14-18-17-13(20-14)11-8-15-9-19-11/h3-9,12,16H,2H2,1H3. The summed E-state index contributed by atoms with van der Waals surface area (Å²) in [6.07, 6.45) is 1.83. The molecule has 0 aliphatic carbocycles. The first-order chi connectivity index (χ1) is 9.88. The van der Waals surface area contributed by atoms with E-state index in [2.05, 4.69) is 39.6 Å². The van der Waals surface area contributed by atoms with Crippen molar-refractivity contribution in [1.82, 2.24) is 20.5 Å². The smallest absolute Gasteiger partial charge is 0.159 e. The van der Waals surface area contributed by atoms with E-state index in [-0.39, 0.29) is 6.04 Å². The molecule has 3 aromatic rings. The summed E-state index contributed by atoms with van der Waals surface area (Å²) in [5.41, 5.74) is 3.02. The van der Waals surface area contributed by atoms with Crippen molar-refractivity contribution in [3.8, 4) is 9.88 Å². The quantitative estimate of drug-likeness (QED) is 0.785. The van der Waals surface area contributed by atoms with Gasteiger partial charge in [0.15, 0.2) is 5.01 Å². The molecule has 1 atom stereocenters. The molecule has 0 saturated carbocycles. The first kappa shape index (κ1) is 13.4. The third-order valence-corrected chi connectivity index (χ3v) is 4.80. The minimum absolute atomic E-state index is 0.0976. The predicted octanol–water partition coefficient (Wildman–Crippen LogP) is 3.36. The van der Waals surface area contributed by atoms with Gasteiger partial charge in [-0.1, -0.05) is 48.6 Å². The van der Waals surface area contributed by atoms with Gasteiger partial charge in [-0.25, -0.2) is 0 Å². The third-order valence-electron chi connectivity index (χ3n) is 2.87. The number of hydrogen-bond acceptors (Lipinski definition) is 6. The highest BCUT2D eigenvalue weighted by Gasteiger charge is 2.18. The Morgan fingerprint density at radius 3 is 2.75 bits per heavy atom. The molecule has 0 aliphatic rings. The largest absolute Gasteiger partial charge is 0.304 e. The van der Waals surface area contributed by atoms with Crippen molar-refractivity contribution in [2.75, 3.05) is 6.54 Å². The first-order valence-electron chi connectivity index (χ1n) is 6.39. The molecule has 0 spiro atoms. The average molecular weight is 302 g/mol. The number of hydrogen-bond donors (Lipinski definition) is 1. The van der Waals surface area contributed by atoms with Crippen LogP contribution in [0.25, 0.3) is 9.88 Å². The van der Waals surface area contributed by atoms with Crippen LogP contribution in [-0.4, -0.2) is 21.7 Å². The van der Waals surface area contributed by atoms with Crippen molar-refractivity contribution in [2.24, 2.45) is 0 Å². The summed E-state index contributed by atoms with van der Waals surface area (Å²) < 4.78 is 0. The van der Waals surface area contributed by atoms with E-state index in [1.165, 1.54) is 5.56 Å². The Morgan fingerprint density at radius 1 is 1.20 bits per heavy atom. The maximum Gasteiger partial charge on any atom is 0.159 e. The molecule has 1 aromatic carbocycles. The topological polar surface area (TPSA) is 50.7 Å². The van der Waals surface area contributed by atoms with Crippen molar-refractivity contribution in [3.63, 3.8) is 0 Å². The number of nitrogens with one attached hydrogen (secondary N) is 1. The van der Waals surface area contributed by atoms with Crippen molar-refractivity contribution in [3.05, 3.63) is 52.6 Å². The van der Waals surface area contributed by atoms with Gasteiger partial charge < -0.3 is 5.32 Å². The maximum atomic E-state index is 4.35. The van der Waals surface area contributed by atoms with Crippen LogP contribution in [0.15, 0.2) is 42.0 Å². The fourth-order valence-corrected chi connectivity index (χ4v) is 3.59. The van der Waals surface area contributed by atoms with Crippen LogP contribution in [0, 0.1) is 0 Å². The second-order valence-corrected chi connectivity index (χ2v) is 6.11. The van der Waals surface area contributed by atoms with Crippen LogP contribution in [0.3, 0.4) is 0 Å². The predicted molar refractivity (Wildman–Crippen MR) is 83.0 cm³/mol. The SMILES string of the molecule is CCNC(c1ccccc1)c1nnc(-c2cncs2)s1. The lowest BCUT2D eigenvalue weighted by atomic mass is 10.1.